The number of rotatable bonds is 8. The predicted molar refractivity (Wildman–Crippen MR) is 112 cm³/mol. The van der Waals surface area contributed by atoms with E-state index in [1.165, 1.54) is 11.3 Å². The van der Waals surface area contributed by atoms with E-state index in [0.717, 1.165) is 5.56 Å². The molecule has 0 aliphatic rings. The SMILES string of the molecule is COc1ccc(-c2nc(C)c(C(=O)OCCOc3ccc(C#N)cc3)s2)cc1OC. The molecule has 0 N–H and O–H groups in total. The monoisotopic (exact) mass is 424 g/mol. The number of benzene rings is 2. The number of carbonyl (C=O) groups excluding carboxylic acids is 1. The van der Waals surface area contributed by atoms with Gasteiger partial charge in [-0.3, -0.25) is 0 Å². The molecule has 0 aliphatic carbocycles. The number of nitrogens with zero attached hydrogens (tertiary/aromatic N) is 2. The Balaban J connectivity index is 1.60. The molecule has 2 aromatic carbocycles. The van der Waals surface area contributed by atoms with Crippen molar-refractivity contribution in [2.24, 2.45) is 0 Å². The number of hydrogen-bond acceptors (Lipinski definition) is 8. The third-order valence-electron chi connectivity index (χ3n) is 4.18. The molecule has 0 fully saturated rings. The van der Waals surface area contributed by atoms with Gasteiger partial charge in [-0.1, -0.05) is 0 Å². The standard InChI is InChI=1S/C22H20N2O5S/c1-14-20(22(25)29-11-10-28-17-7-4-15(13-23)5-8-17)30-21(24-14)16-6-9-18(26-2)19(12-16)27-3/h4-9,12H,10-11H2,1-3H3. The van der Waals surface area contributed by atoms with E-state index < -0.39 is 5.97 Å². The first kappa shape index (κ1) is 21.1. The van der Waals surface area contributed by atoms with E-state index in [4.69, 9.17) is 24.2 Å². The summed E-state index contributed by atoms with van der Waals surface area (Å²) in [6.45, 7) is 2.07. The first-order valence-electron chi connectivity index (χ1n) is 9.05. The molecular formula is C22H20N2O5S. The third-order valence-corrected chi connectivity index (χ3v) is 5.37. The van der Waals surface area contributed by atoms with Crippen LogP contribution >= 0.6 is 11.3 Å². The van der Waals surface area contributed by atoms with Gasteiger partial charge < -0.3 is 18.9 Å². The molecule has 0 aliphatic heterocycles. The van der Waals surface area contributed by atoms with E-state index in [1.54, 1.807) is 51.5 Å². The average Bonchev–Trinajstić information content (AvgIpc) is 3.18. The molecule has 1 aromatic heterocycles. The van der Waals surface area contributed by atoms with E-state index in [2.05, 4.69) is 4.98 Å². The van der Waals surface area contributed by atoms with Gasteiger partial charge in [-0.05, 0) is 49.4 Å². The largest absolute Gasteiger partial charge is 0.493 e. The first-order valence-corrected chi connectivity index (χ1v) is 9.87. The summed E-state index contributed by atoms with van der Waals surface area (Å²) in [4.78, 5) is 17.4. The molecule has 1 heterocycles. The number of carbonyl (C=O) groups is 1. The Morgan fingerprint density at radius 3 is 2.47 bits per heavy atom. The number of thiazole rings is 1. The van der Waals surface area contributed by atoms with Gasteiger partial charge in [0.2, 0.25) is 0 Å². The van der Waals surface area contributed by atoms with Crippen LogP contribution in [0.4, 0.5) is 0 Å². The van der Waals surface area contributed by atoms with Crippen molar-refractivity contribution in [3.05, 3.63) is 58.6 Å². The van der Waals surface area contributed by atoms with Gasteiger partial charge in [-0.25, -0.2) is 9.78 Å². The maximum atomic E-state index is 12.4. The van der Waals surface area contributed by atoms with Crippen molar-refractivity contribution in [1.82, 2.24) is 4.98 Å². The minimum atomic E-state index is -0.444. The highest BCUT2D eigenvalue weighted by atomic mass is 32.1. The molecule has 154 valence electrons. The Morgan fingerprint density at radius 2 is 1.80 bits per heavy atom. The fourth-order valence-electron chi connectivity index (χ4n) is 2.66. The average molecular weight is 424 g/mol. The molecule has 0 amide bonds. The molecule has 0 atom stereocenters. The molecule has 3 aromatic rings. The highest BCUT2D eigenvalue weighted by molar-refractivity contribution is 7.17. The van der Waals surface area contributed by atoms with Crippen molar-refractivity contribution < 1.29 is 23.7 Å². The normalized spacial score (nSPS) is 10.2. The molecule has 7 nitrogen and oxygen atoms in total. The van der Waals surface area contributed by atoms with Crippen molar-refractivity contribution in [2.45, 2.75) is 6.92 Å². The number of esters is 1. The number of nitriles is 1. The maximum Gasteiger partial charge on any atom is 0.350 e. The van der Waals surface area contributed by atoms with E-state index in [1.807, 2.05) is 18.2 Å². The molecule has 8 heteroatoms. The van der Waals surface area contributed by atoms with Gasteiger partial charge in [0.1, 0.15) is 28.8 Å². The summed E-state index contributed by atoms with van der Waals surface area (Å²) in [5.41, 5.74) is 1.98. The van der Waals surface area contributed by atoms with Crippen molar-refractivity contribution in [1.29, 1.82) is 5.26 Å². The quantitative estimate of drug-likeness (QED) is 0.394. The molecule has 0 spiro atoms. The summed E-state index contributed by atoms with van der Waals surface area (Å²) in [5.74, 6) is 1.37. The lowest BCUT2D eigenvalue weighted by Crippen LogP contribution is -2.12. The second-order valence-electron chi connectivity index (χ2n) is 6.12. The van der Waals surface area contributed by atoms with Gasteiger partial charge in [0.05, 0.1) is 31.5 Å². The maximum absolute atomic E-state index is 12.4. The van der Waals surface area contributed by atoms with Crippen LogP contribution in [0.25, 0.3) is 10.6 Å². The molecular weight excluding hydrogens is 404 g/mol. The van der Waals surface area contributed by atoms with Crippen LogP contribution in [0.5, 0.6) is 17.2 Å². The second kappa shape index (κ2) is 9.76. The summed E-state index contributed by atoms with van der Waals surface area (Å²) in [7, 11) is 3.14. The second-order valence-corrected chi connectivity index (χ2v) is 7.12. The van der Waals surface area contributed by atoms with Crippen LogP contribution in [0.15, 0.2) is 42.5 Å². The lowest BCUT2D eigenvalue weighted by atomic mass is 10.2. The lowest BCUT2D eigenvalue weighted by molar-refractivity contribution is 0.0455. The van der Waals surface area contributed by atoms with Gasteiger partial charge in [0, 0.05) is 5.56 Å². The summed E-state index contributed by atoms with van der Waals surface area (Å²) >= 11 is 1.26. The number of ether oxygens (including phenoxy) is 4. The summed E-state index contributed by atoms with van der Waals surface area (Å²) in [6.07, 6.45) is 0. The number of hydrogen-bond donors (Lipinski definition) is 0. The van der Waals surface area contributed by atoms with E-state index in [0.29, 0.717) is 38.4 Å². The Morgan fingerprint density at radius 1 is 1.07 bits per heavy atom. The highest BCUT2D eigenvalue weighted by Crippen LogP contribution is 2.35. The molecule has 0 unspecified atom stereocenters. The van der Waals surface area contributed by atoms with Crippen LogP contribution in [0.1, 0.15) is 20.9 Å². The Kier molecular flexibility index (Phi) is 6.88. The Bertz CT molecular complexity index is 1070. The van der Waals surface area contributed by atoms with E-state index in [9.17, 15) is 4.79 Å². The van der Waals surface area contributed by atoms with Crippen LogP contribution in [-0.2, 0) is 4.74 Å². The molecule has 30 heavy (non-hydrogen) atoms. The zero-order valence-electron chi connectivity index (χ0n) is 16.8. The fourth-order valence-corrected chi connectivity index (χ4v) is 3.62. The Hall–Kier alpha value is -3.57. The zero-order valence-corrected chi connectivity index (χ0v) is 17.6. The predicted octanol–water partition coefficient (Wildman–Crippen LogP) is 4.24. The van der Waals surface area contributed by atoms with Crippen LogP contribution in [0.2, 0.25) is 0 Å². The van der Waals surface area contributed by atoms with Crippen LogP contribution in [0.3, 0.4) is 0 Å². The van der Waals surface area contributed by atoms with Crippen LogP contribution in [-0.4, -0.2) is 38.4 Å². The minimum absolute atomic E-state index is 0.0991. The topological polar surface area (TPSA) is 90.7 Å². The van der Waals surface area contributed by atoms with Gasteiger partial charge in [-0.2, -0.15) is 5.26 Å². The van der Waals surface area contributed by atoms with Crippen molar-refractivity contribution >= 4 is 17.3 Å². The van der Waals surface area contributed by atoms with Gasteiger partial charge >= 0.3 is 5.97 Å². The fraction of sp³-hybridized carbons (Fsp3) is 0.227. The van der Waals surface area contributed by atoms with Gasteiger partial charge in [0.15, 0.2) is 11.5 Å². The van der Waals surface area contributed by atoms with Crippen LogP contribution < -0.4 is 14.2 Å². The van der Waals surface area contributed by atoms with E-state index >= 15 is 0 Å². The van der Waals surface area contributed by atoms with Crippen molar-refractivity contribution in [3.8, 4) is 33.9 Å². The highest BCUT2D eigenvalue weighted by Gasteiger charge is 2.18. The van der Waals surface area contributed by atoms with Gasteiger partial charge in [-0.15, -0.1) is 11.3 Å². The van der Waals surface area contributed by atoms with Crippen molar-refractivity contribution in [3.63, 3.8) is 0 Å². The molecule has 0 saturated heterocycles. The minimum Gasteiger partial charge on any atom is -0.493 e. The smallest absolute Gasteiger partial charge is 0.350 e. The van der Waals surface area contributed by atoms with Crippen molar-refractivity contribution in [2.75, 3.05) is 27.4 Å². The lowest BCUT2D eigenvalue weighted by Gasteiger charge is -2.08. The number of aryl methyl sites for hydroxylation is 1. The molecule has 0 radical (unpaired) electrons. The van der Waals surface area contributed by atoms with Crippen LogP contribution in [0, 0.1) is 18.3 Å². The third kappa shape index (κ3) is 4.88. The summed E-state index contributed by atoms with van der Waals surface area (Å²) in [6, 6.07) is 14.2. The Labute approximate surface area is 178 Å². The van der Waals surface area contributed by atoms with E-state index in [-0.39, 0.29) is 13.2 Å². The molecule has 3 rings (SSSR count). The zero-order chi connectivity index (χ0) is 21.5. The first-order chi connectivity index (χ1) is 14.5. The summed E-state index contributed by atoms with van der Waals surface area (Å²) < 4.78 is 21.4. The number of methoxy groups -OCH3 is 2. The number of aromatic nitrogens is 1. The molecule has 0 saturated carbocycles. The molecule has 0 bridgehead atoms. The summed E-state index contributed by atoms with van der Waals surface area (Å²) in [5, 5.41) is 9.48. The van der Waals surface area contributed by atoms with Gasteiger partial charge in [0.25, 0.3) is 0 Å².